The summed E-state index contributed by atoms with van der Waals surface area (Å²) >= 11 is 6.52. The highest BCUT2D eigenvalue weighted by atomic mass is 35.5. The molecule has 1 aliphatic carbocycles. The summed E-state index contributed by atoms with van der Waals surface area (Å²) in [6, 6.07) is 6.60. The lowest BCUT2D eigenvalue weighted by molar-refractivity contribution is -0.143. The van der Waals surface area contributed by atoms with Gasteiger partial charge >= 0.3 is 5.97 Å². The number of aliphatic carboxylic acids is 1. The van der Waals surface area contributed by atoms with Crippen molar-refractivity contribution in [2.75, 3.05) is 37.6 Å². The lowest BCUT2D eigenvalue weighted by Crippen LogP contribution is -2.47. The van der Waals surface area contributed by atoms with Crippen LogP contribution in [0.2, 0.25) is 5.02 Å². The summed E-state index contributed by atoms with van der Waals surface area (Å²) < 4.78 is 0. The van der Waals surface area contributed by atoms with Gasteiger partial charge < -0.3 is 14.9 Å². The van der Waals surface area contributed by atoms with Gasteiger partial charge in [0.15, 0.2) is 0 Å². The van der Waals surface area contributed by atoms with Crippen molar-refractivity contribution in [2.24, 2.45) is 17.8 Å². The second kappa shape index (κ2) is 9.79. The molecular weight excluding hydrogens is 408 g/mol. The van der Waals surface area contributed by atoms with Crippen LogP contribution in [0.15, 0.2) is 42.0 Å². The number of carboxylic acids is 1. The molecule has 1 atom stereocenters. The molecule has 2 heterocycles. The van der Waals surface area contributed by atoms with Crippen molar-refractivity contribution in [3.63, 3.8) is 0 Å². The minimum absolute atomic E-state index is 0.155. The largest absolute Gasteiger partial charge is 0.481 e. The van der Waals surface area contributed by atoms with Gasteiger partial charge in [-0.15, -0.1) is 0 Å². The second-order valence-corrected chi connectivity index (χ2v) is 10.0. The van der Waals surface area contributed by atoms with Gasteiger partial charge in [0.1, 0.15) is 0 Å². The molecule has 1 aromatic carbocycles. The molecule has 4 nitrogen and oxygen atoms in total. The second-order valence-electron chi connectivity index (χ2n) is 9.62. The van der Waals surface area contributed by atoms with E-state index in [0.29, 0.717) is 17.8 Å². The van der Waals surface area contributed by atoms with Crippen LogP contribution in [-0.4, -0.2) is 48.7 Å². The highest BCUT2D eigenvalue weighted by Gasteiger charge is 2.31. The molecule has 1 saturated carbocycles. The highest BCUT2D eigenvalue weighted by molar-refractivity contribution is 6.31. The average Bonchev–Trinajstić information content (AvgIpc) is 3.55. The first kappa shape index (κ1) is 22.4. The number of carbonyl (C=O) groups is 1. The molecular formula is C26H35ClN2O2. The Bertz CT molecular complexity index is 847. The number of piperidine rings is 1. The van der Waals surface area contributed by atoms with Gasteiger partial charge in [0.05, 0.1) is 5.92 Å². The van der Waals surface area contributed by atoms with E-state index in [0.717, 1.165) is 50.6 Å². The van der Waals surface area contributed by atoms with E-state index < -0.39 is 5.97 Å². The molecule has 0 bridgehead atoms. The lowest BCUT2D eigenvalue weighted by atomic mass is 9.89. The smallest absolute Gasteiger partial charge is 0.306 e. The third-order valence-electron chi connectivity index (χ3n) is 7.15. The normalized spacial score (nSPS) is 22.7. The predicted molar refractivity (Wildman–Crippen MR) is 128 cm³/mol. The molecule has 2 aliphatic heterocycles. The van der Waals surface area contributed by atoms with Gasteiger partial charge in [-0.1, -0.05) is 42.8 Å². The van der Waals surface area contributed by atoms with Crippen LogP contribution in [0.5, 0.6) is 0 Å². The number of allylic oxidation sites excluding steroid dienone is 2. The van der Waals surface area contributed by atoms with Crippen molar-refractivity contribution in [2.45, 2.75) is 45.4 Å². The molecule has 0 radical (unpaired) electrons. The molecule has 0 aromatic heterocycles. The Kier molecular flexibility index (Phi) is 7.08. The average molecular weight is 443 g/mol. The van der Waals surface area contributed by atoms with Crippen LogP contribution >= 0.6 is 11.6 Å². The van der Waals surface area contributed by atoms with Gasteiger partial charge in [-0.2, -0.15) is 0 Å². The molecule has 0 spiro atoms. The van der Waals surface area contributed by atoms with Crippen LogP contribution in [0.1, 0.15) is 51.0 Å². The summed E-state index contributed by atoms with van der Waals surface area (Å²) in [5, 5.41) is 10.1. The number of halogens is 1. The van der Waals surface area contributed by atoms with Gasteiger partial charge in [0, 0.05) is 36.3 Å². The molecule has 3 aliphatic rings. The Labute approximate surface area is 191 Å². The van der Waals surface area contributed by atoms with Crippen LogP contribution in [0.3, 0.4) is 0 Å². The molecule has 31 heavy (non-hydrogen) atoms. The van der Waals surface area contributed by atoms with Crippen LogP contribution in [-0.2, 0) is 4.79 Å². The van der Waals surface area contributed by atoms with Gasteiger partial charge in [-0.3, -0.25) is 4.79 Å². The first-order chi connectivity index (χ1) is 14.9. The summed E-state index contributed by atoms with van der Waals surface area (Å²) in [6.45, 7) is 9.26. The molecule has 1 N–H and O–H groups in total. The number of nitrogens with zero attached hydrogens (tertiary/aromatic N) is 2. The minimum Gasteiger partial charge on any atom is -0.481 e. The van der Waals surface area contributed by atoms with Crippen LogP contribution in [0.4, 0.5) is 5.69 Å². The highest BCUT2D eigenvalue weighted by Crippen LogP contribution is 2.44. The van der Waals surface area contributed by atoms with Crippen molar-refractivity contribution in [1.29, 1.82) is 0 Å². The maximum absolute atomic E-state index is 11.1. The molecule has 1 aromatic rings. The van der Waals surface area contributed by atoms with E-state index in [1.165, 1.54) is 29.7 Å². The van der Waals surface area contributed by atoms with Crippen LogP contribution < -0.4 is 4.90 Å². The van der Waals surface area contributed by atoms with Crippen molar-refractivity contribution in [3.05, 3.63) is 52.6 Å². The van der Waals surface area contributed by atoms with E-state index >= 15 is 0 Å². The zero-order valence-electron chi connectivity index (χ0n) is 18.8. The van der Waals surface area contributed by atoms with Gasteiger partial charge in [0.2, 0.25) is 0 Å². The number of hydrogen-bond acceptors (Lipinski definition) is 3. The van der Waals surface area contributed by atoms with E-state index in [2.05, 4.69) is 60.1 Å². The minimum atomic E-state index is -0.638. The summed E-state index contributed by atoms with van der Waals surface area (Å²) in [5.74, 6) is 0.929. The monoisotopic (exact) mass is 442 g/mol. The standard InChI is InChI=1S/C26H35ClN2O2/c1-3-19(5-4-18(2)15-28-12-10-21(11-13-28)26(30)31)22-16-29(17-22)23-8-9-24(20-6-7-20)25(27)14-23/h3-5,8-9,14,18,20-22H,6-7,10-13,15-17H2,1-2H3,(H,30,31)/b5-4-,19-3+. The molecule has 1 unspecified atom stereocenters. The SMILES string of the molecule is C/C=C(\C=C/C(C)CN1CCC(C(=O)O)CC1)C1CN(c2ccc(C3CC3)c(Cl)c2)C1. The number of anilines is 1. The zero-order chi connectivity index (χ0) is 22.0. The Balaban J connectivity index is 1.24. The molecule has 0 amide bonds. The van der Waals surface area contributed by atoms with Crippen LogP contribution in [0, 0.1) is 17.8 Å². The van der Waals surface area contributed by atoms with E-state index in [-0.39, 0.29) is 5.92 Å². The van der Waals surface area contributed by atoms with Crippen molar-refractivity contribution in [3.8, 4) is 0 Å². The predicted octanol–water partition coefficient (Wildman–Crippen LogP) is 5.59. The molecule has 3 fully saturated rings. The lowest BCUT2D eigenvalue weighted by Gasteiger charge is -2.42. The number of carboxylic acid groups (broad SMARTS) is 1. The fraction of sp³-hybridized carbons (Fsp3) is 0.577. The first-order valence-corrected chi connectivity index (χ1v) is 12.2. The van der Waals surface area contributed by atoms with Gasteiger partial charge in [-0.05, 0) is 80.8 Å². The maximum Gasteiger partial charge on any atom is 0.306 e. The number of rotatable bonds is 8. The summed E-state index contributed by atoms with van der Waals surface area (Å²) in [6.07, 6.45) is 11.0. The van der Waals surface area contributed by atoms with E-state index in [4.69, 9.17) is 16.7 Å². The Morgan fingerprint density at radius 3 is 2.48 bits per heavy atom. The third kappa shape index (κ3) is 5.53. The van der Waals surface area contributed by atoms with E-state index in [1.807, 2.05) is 0 Å². The quantitative estimate of drug-likeness (QED) is 0.533. The number of likely N-dealkylation sites (tertiary alicyclic amines) is 1. The summed E-state index contributed by atoms with van der Waals surface area (Å²) in [5.41, 5.74) is 3.97. The van der Waals surface area contributed by atoms with E-state index in [9.17, 15) is 4.79 Å². The third-order valence-corrected chi connectivity index (χ3v) is 7.48. The van der Waals surface area contributed by atoms with Crippen molar-refractivity contribution >= 4 is 23.3 Å². The fourth-order valence-corrected chi connectivity index (χ4v) is 5.24. The van der Waals surface area contributed by atoms with Crippen LogP contribution in [0.25, 0.3) is 0 Å². The first-order valence-electron chi connectivity index (χ1n) is 11.8. The maximum atomic E-state index is 11.1. The topological polar surface area (TPSA) is 43.8 Å². The van der Waals surface area contributed by atoms with Crippen molar-refractivity contribution in [1.82, 2.24) is 4.90 Å². The summed E-state index contributed by atoms with van der Waals surface area (Å²) in [7, 11) is 0. The Hall–Kier alpha value is -1.78. The Morgan fingerprint density at radius 1 is 1.19 bits per heavy atom. The van der Waals surface area contributed by atoms with Gasteiger partial charge in [-0.25, -0.2) is 0 Å². The number of hydrogen-bond donors (Lipinski definition) is 1. The molecule has 5 heteroatoms. The Morgan fingerprint density at radius 2 is 1.90 bits per heavy atom. The zero-order valence-corrected chi connectivity index (χ0v) is 19.5. The van der Waals surface area contributed by atoms with E-state index in [1.54, 1.807) is 0 Å². The van der Waals surface area contributed by atoms with Gasteiger partial charge in [0.25, 0.3) is 0 Å². The van der Waals surface area contributed by atoms with Crippen molar-refractivity contribution < 1.29 is 9.90 Å². The molecule has 2 saturated heterocycles. The molecule has 168 valence electrons. The fourth-order valence-electron chi connectivity index (χ4n) is 4.91. The number of benzene rings is 1. The molecule has 4 rings (SSSR count). The summed E-state index contributed by atoms with van der Waals surface area (Å²) in [4.78, 5) is 15.9.